The van der Waals surface area contributed by atoms with Crippen LogP contribution in [0.5, 0.6) is 0 Å². The van der Waals surface area contributed by atoms with E-state index in [1.165, 1.54) is 100 Å². The molecule has 0 amide bonds. The molecule has 0 radical (unpaired) electrons. The average Bonchev–Trinajstić information content (AvgIpc) is 3.64. The second kappa shape index (κ2) is 14.2. The molecule has 0 N–H and O–H groups in total. The molecular formula is C54H71Cl2Zr. The van der Waals surface area contributed by atoms with E-state index in [0.717, 1.165) is 4.13 Å². The van der Waals surface area contributed by atoms with E-state index < -0.39 is 16.4 Å². The van der Waals surface area contributed by atoms with Crippen molar-refractivity contribution in [2.24, 2.45) is 0 Å². The number of rotatable bonds is 5. The van der Waals surface area contributed by atoms with Crippen LogP contribution < -0.4 is 0 Å². The van der Waals surface area contributed by atoms with Crippen LogP contribution in [-0.4, -0.2) is 0 Å². The number of halogens is 2. The first-order valence-electron chi connectivity index (χ1n) is 21.4. The molecule has 0 saturated carbocycles. The minimum absolute atomic E-state index is 0.000632. The van der Waals surface area contributed by atoms with Gasteiger partial charge >= 0.3 is 359 Å². The minimum atomic E-state index is -5.01. The summed E-state index contributed by atoms with van der Waals surface area (Å²) in [7, 11) is 17.4. The molecule has 2 unspecified atom stereocenters. The van der Waals surface area contributed by atoms with Crippen molar-refractivity contribution in [3.63, 3.8) is 0 Å². The fourth-order valence-corrected chi connectivity index (χ4v) is 29.1. The summed E-state index contributed by atoms with van der Waals surface area (Å²) in [5.41, 5.74) is 24.0. The Labute approximate surface area is 356 Å². The zero-order chi connectivity index (χ0) is 42.8. The van der Waals surface area contributed by atoms with Crippen molar-refractivity contribution >= 4 is 29.2 Å². The first kappa shape index (κ1) is 44.4. The van der Waals surface area contributed by atoms with Crippen molar-refractivity contribution in [3.05, 3.63) is 126 Å². The monoisotopic (exact) mass is 879 g/mol. The maximum atomic E-state index is 8.72. The van der Waals surface area contributed by atoms with Crippen molar-refractivity contribution in [1.29, 1.82) is 0 Å². The van der Waals surface area contributed by atoms with Crippen molar-refractivity contribution in [3.8, 4) is 22.3 Å². The molecule has 2 atom stereocenters. The number of fused-ring (bicyclic) bond motifs is 2. The molecule has 0 bridgehead atoms. The predicted octanol–water partition coefficient (Wildman–Crippen LogP) is 17.5. The molecule has 2 aliphatic rings. The van der Waals surface area contributed by atoms with Crippen LogP contribution in [0.1, 0.15) is 178 Å². The molecule has 3 heteroatoms. The van der Waals surface area contributed by atoms with Gasteiger partial charge in [-0.1, -0.05) is 0 Å². The Morgan fingerprint density at radius 3 is 0.982 bits per heavy atom. The van der Waals surface area contributed by atoms with Crippen LogP contribution >= 0.6 is 17.0 Å². The van der Waals surface area contributed by atoms with Gasteiger partial charge in [-0.15, -0.1) is 0 Å². The van der Waals surface area contributed by atoms with E-state index in [1.807, 2.05) is 0 Å². The van der Waals surface area contributed by atoms with Gasteiger partial charge in [-0.3, -0.25) is 0 Å². The Hall–Kier alpha value is -2.18. The number of allylic oxidation sites excluding steroid dienone is 2. The van der Waals surface area contributed by atoms with E-state index in [1.54, 1.807) is 0 Å². The average molecular weight is 882 g/mol. The van der Waals surface area contributed by atoms with Gasteiger partial charge < -0.3 is 0 Å². The summed E-state index contributed by atoms with van der Waals surface area (Å²) < 4.78 is 0.795. The van der Waals surface area contributed by atoms with Crippen LogP contribution in [0.4, 0.5) is 0 Å². The van der Waals surface area contributed by atoms with Crippen LogP contribution in [0.25, 0.3) is 34.4 Å². The third kappa shape index (κ3) is 7.61. The number of benzene rings is 4. The van der Waals surface area contributed by atoms with Gasteiger partial charge in [0, 0.05) is 0 Å². The van der Waals surface area contributed by atoms with Gasteiger partial charge in [-0.2, -0.15) is 0 Å². The Balaban J connectivity index is 1.62. The first-order valence-corrected chi connectivity index (χ1v) is 32.4. The third-order valence-corrected chi connectivity index (χ3v) is 35.0. The van der Waals surface area contributed by atoms with Crippen LogP contribution in [0.3, 0.4) is 0 Å². The summed E-state index contributed by atoms with van der Waals surface area (Å²) in [4.78, 5) is 0. The first-order chi connectivity index (χ1) is 25.9. The molecule has 0 aromatic heterocycles. The molecule has 305 valence electrons. The van der Waals surface area contributed by atoms with Crippen molar-refractivity contribution in [2.75, 3.05) is 0 Å². The second-order valence-corrected chi connectivity index (χ2v) is 45.3. The van der Waals surface area contributed by atoms with E-state index in [9.17, 15) is 0 Å². The van der Waals surface area contributed by atoms with Crippen molar-refractivity contribution < 1.29 is 16.4 Å². The summed E-state index contributed by atoms with van der Waals surface area (Å²) in [5, 5.41) is 0. The molecule has 0 spiro atoms. The molecule has 0 fully saturated rings. The summed E-state index contributed by atoms with van der Waals surface area (Å²) in [6.07, 6.45) is 4.93. The molecule has 6 rings (SSSR count). The second-order valence-electron chi connectivity index (χ2n) is 22.3. The SMILES string of the molecule is C[CH2][Zr]([Cl])([Cl])([CH]1C(C)=Cc2c(-c3cc(C(C)(C)C)cc(C(C)(C)C)c3)cc(C)c(C)c21)[CH]1C(C)=Cc2c(-c3cc(C(C)(C)C)cc(C(C)(C)C)c3)cc(C)c(C)c21. The van der Waals surface area contributed by atoms with Gasteiger partial charge in [0.1, 0.15) is 0 Å². The van der Waals surface area contributed by atoms with Gasteiger partial charge in [0.25, 0.3) is 0 Å². The quantitative estimate of drug-likeness (QED) is 0.187. The number of hydrogen-bond donors (Lipinski definition) is 0. The van der Waals surface area contributed by atoms with E-state index in [2.05, 4.69) is 192 Å². The van der Waals surface area contributed by atoms with Crippen LogP contribution in [0, 0.1) is 27.7 Å². The Morgan fingerprint density at radius 2 is 0.737 bits per heavy atom. The fraction of sp³-hybridized carbons (Fsp3) is 0.481. The normalized spacial score (nSPS) is 18.2. The fourth-order valence-electron chi connectivity index (χ4n) is 9.93. The van der Waals surface area contributed by atoms with Gasteiger partial charge in [0.2, 0.25) is 0 Å². The van der Waals surface area contributed by atoms with E-state index in [0.29, 0.717) is 0 Å². The molecule has 4 aromatic rings. The molecule has 4 aromatic carbocycles. The summed E-state index contributed by atoms with van der Waals surface area (Å²) in [5.74, 6) is 0. The number of aryl methyl sites for hydroxylation is 2. The Kier molecular flexibility index (Phi) is 11.1. The molecule has 0 heterocycles. The van der Waals surface area contributed by atoms with Gasteiger partial charge in [-0.25, -0.2) is 0 Å². The molecule has 2 aliphatic carbocycles. The van der Waals surface area contributed by atoms with Crippen molar-refractivity contribution in [1.82, 2.24) is 0 Å². The Bertz CT molecular complexity index is 2140. The zero-order valence-corrected chi connectivity index (χ0v) is 42.9. The maximum absolute atomic E-state index is 8.72. The summed E-state index contributed by atoms with van der Waals surface area (Å²) in [6.45, 7) is 44.1. The van der Waals surface area contributed by atoms with E-state index >= 15 is 0 Å². The molecule has 0 saturated heterocycles. The van der Waals surface area contributed by atoms with Crippen LogP contribution in [-0.2, 0) is 38.1 Å². The Morgan fingerprint density at radius 1 is 0.456 bits per heavy atom. The molecular weight excluding hydrogens is 811 g/mol. The summed E-state index contributed by atoms with van der Waals surface area (Å²) >= 11 is -5.01. The molecule has 57 heavy (non-hydrogen) atoms. The van der Waals surface area contributed by atoms with Gasteiger partial charge in [0.15, 0.2) is 0 Å². The van der Waals surface area contributed by atoms with Crippen LogP contribution in [0.2, 0.25) is 4.13 Å². The van der Waals surface area contributed by atoms with Gasteiger partial charge in [-0.05, 0) is 0 Å². The molecule has 0 aliphatic heterocycles. The predicted molar refractivity (Wildman–Crippen MR) is 252 cm³/mol. The number of hydrogen-bond acceptors (Lipinski definition) is 0. The van der Waals surface area contributed by atoms with E-state index in [-0.39, 0.29) is 28.9 Å². The van der Waals surface area contributed by atoms with Crippen molar-refractivity contribution in [2.45, 2.75) is 165 Å². The topological polar surface area (TPSA) is 0 Å². The van der Waals surface area contributed by atoms with Crippen LogP contribution in [0.15, 0.2) is 59.7 Å². The van der Waals surface area contributed by atoms with Gasteiger partial charge in [0.05, 0.1) is 0 Å². The standard InChI is InChI=1S/2C26H33.C2H5.2ClH.Zr/c2*1-16-10-22-18(3)17(2)12-23(24(22)11-16)19-13-20(25(4,5)6)15-21(14-19)26(7,8)9;1-2;;;/h2*10-15H,1-9H3;1H2,2H3;2*1H;/q;;;;;+2/p-2. The molecule has 0 nitrogen and oxygen atoms in total. The third-order valence-electron chi connectivity index (χ3n) is 13.9. The summed E-state index contributed by atoms with van der Waals surface area (Å²) in [6, 6.07) is 19.5. The van der Waals surface area contributed by atoms with E-state index in [4.69, 9.17) is 17.0 Å². The zero-order valence-electron chi connectivity index (χ0n) is 38.9.